The summed E-state index contributed by atoms with van der Waals surface area (Å²) in [6.45, 7) is 20.8. The number of carboxylic acid groups (broad SMARTS) is 1. The number of aromatic nitrogens is 6. The SMILES string of the molecule is C.CCn1nnc2c(C)c([C@@H](CC(=O)OC)c3ccc4c(c3)CN(C(=O)c3ccc(C)c(C)c3)CC4)ccc21.CCn1nnc2c(C)c([C@@H](CC(=O)OC)c3ccc4c(c3)CNCC4)ccc21.Cc1ccc(C(=O)O)cc1C. The maximum atomic E-state index is 13.3. The standard InChI is InChI=1S/C31H34N4O3.C22H26N4O2.C9H10O2.CH4/c1-6-35-28-12-11-26(21(4)30(28)32-33-35)27(17-29(36)38-5)23-10-9-22-13-14-34(18-25(22)16-23)31(37)24-8-7-19(2)20(3)15-24;1-4-26-20-8-7-18(14(2)22(20)24-25-26)19(12-21(27)28-3)16-6-5-15-9-10-23-13-17(15)11-16;1-6-3-4-8(9(10)11)5-7(6)2;/h7-12,15-16,27H,6,13-14,17-18H2,1-5H3;5-8,11,19,23H,4,9-10,12-13H2,1-3H3;3-5H,1-2H3,(H,10,11);1H4/t27-;19-;;/m00../s1. The van der Waals surface area contributed by atoms with E-state index in [1.165, 1.54) is 36.5 Å². The van der Waals surface area contributed by atoms with E-state index in [9.17, 15) is 19.2 Å². The Morgan fingerprint density at radius 2 is 1.08 bits per heavy atom. The molecule has 2 N–H and O–H groups in total. The average Bonchev–Trinajstić information content (AvgIpc) is 4.13. The van der Waals surface area contributed by atoms with E-state index in [-0.39, 0.29) is 43.5 Å². The minimum Gasteiger partial charge on any atom is -0.478 e. The van der Waals surface area contributed by atoms with Crippen LogP contribution < -0.4 is 5.32 Å². The van der Waals surface area contributed by atoms with Crippen molar-refractivity contribution in [3.63, 3.8) is 0 Å². The molecule has 8 aromatic rings. The zero-order valence-electron chi connectivity index (χ0n) is 46.0. The average molecular weight is 1060 g/mol. The van der Waals surface area contributed by atoms with Gasteiger partial charge in [0.2, 0.25) is 0 Å². The number of methoxy groups -OCH3 is 2. The molecule has 0 saturated heterocycles. The number of ether oxygens (including phenoxy) is 2. The van der Waals surface area contributed by atoms with Gasteiger partial charge in [-0.3, -0.25) is 14.4 Å². The summed E-state index contributed by atoms with van der Waals surface area (Å²) >= 11 is 0. The molecule has 15 heteroatoms. The molecular formula is C63H74N8O7. The molecule has 78 heavy (non-hydrogen) atoms. The molecule has 4 heterocycles. The Morgan fingerprint density at radius 3 is 1.56 bits per heavy atom. The van der Waals surface area contributed by atoms with Crippen LogP contribution in [0.2, 0.25) is 0 Å². The summed E-state index contributed by atoms with van der Waals surface area (Å²) in [5.41, 5.74) is 20.7. The number of nitrogens with one attached hydrogen (secondary N) is 1. The fourth-order valence-corrected chi connectivity index (χ4v) is 10.5. The van der Waals surface area contributed by atoms with Crippen molar-refractivity contribution >= 4 is 45.9 Å². The molecule has 2 aliphatic heterocycles. The van der Waals surface area contributed by atoms with Crippen molar-refractivity contribution in [3.05, 3.63) is 186 Å². The highest BCUT2D eigenvalue weighted by Gasteiger charge is 2.28. The fourth-order valence-electron chi connectivity index (χ4n) is 10.5. The lowest BCUT2D eigenvalue weighted by Gasteiger charge is -2.30. The number of carboxylic acids is 1. The third kappa shape index (κ3) is 12.5. The Morgan fingerprint density at radius 1 is 0.590 bits per heavy atom. The number of rotatable bonds is 12. The Bertz CT molecular complexity index is 3500. The molecule has 15 nitrogen and oxygen atoms in total. The molecule has 6 aromatic carbocycles. The maximum Gasteiger partial charge on any atom is 0.335 e. The van der Waals surface area contributed by atoms with Crippen LogP contribution in [0, 0.1) is 41.5 Å². The molecule has 2 atom stereocenters. The van der Waals surface area contributed by atoms with E-state index < -0.39 is 5.97 Å². The molecule has 0 unspecified atom stereocenters. The number of aromatic carboxylic acids is 1. The molecule has 2 aliphatic rings. The highest BCUT2D eigenvalue weighted by molar-refractivity contribution is 5.94. The Hall–Kier alpha value is -8.04. The number of hydrogen-bond donors (Lipinski definition) is 2. The van der Waals surface area contributed by atoms with Gasteiger partial charge in [0, 0.05) is 50.1 Å². The smallest absolute Gasteiger partial charge is 0.335 e. The van der Waals surface area contributed by atoms with Gasteiger partial charge in [0.05, 0.1) is 43.7 Å². The second-order valence-corrected chi connectivity index (χ2v) is 20.1. The van der Waals surface area contributed by atoms with Gasteiger partial charge in [-0.05, 0) is 189 Å². The second kappa shape index (κ2) is 25.4. The maximum absolute atomic E-state index is 13.3. The van der Waals surface area contributed by atoms with E-state index in [0.29, 0.717) is 25.1 Å². The van der Waals surface area contributed by atoms with Gasteiger partial charge in [-0.15, -0.1) is 10.2 Å². The summed E-state index contributed by atoms with van der Waals surface area (Å²) in [5.74, 6) is -1.57. The van der Waals surface area contributed by atoms with E-state index in [2.05, 4.69) is 101 Å². The van der Waals surface area contributed by atoms with Gasteiger partial charge in [0.1, 0.15) is 11.0 Å². The van der Waals surface area contributed by atoms with E-state index in [1.54, 1.807) is 12.1 Å². The highest BCUT2D eigenvalue weighted by Crippen LogP contribution is 2.37. The summed E-state index contributed by atoms with van der Waals surface area (Å²) in [6.07, 6.45) is 2.37. The van der Waals surface area contributed by atoms with Crippen molar-refractivity contribution in [2.45, 2.75) is 127 Å². The number of amides is 1. The molecule has 1 amide bonds. The Labute approximate surface area is 458 Å². The minimum absolute atomic E-state index is 0. The topological polar surface area (TPSA) is 184 Å². The van der Waals surface area contributed by atoms with Gasteiger partial charge in [0.25, 0.3) is 5.91 Å². The van der Waals surface area contributed by atoms with Crippen LogP contribution in [-0.4, -0.2) is 91.1 Å². The van der Waals surface area contributed by atoms with E-state index in [0.717, 1.165) is 122 Å². The number of hydrogen-bond acceptors (Lipinski definition) is 11. The van der Waals surface area contributed by atoms with Gasteiger partial charge in [-0.25, -0.2) is 14.2 Å². The number of benzene rings is 6. The van der Waals surface area contributed by atoms with Gasteiger partial charge < -0.3 is 24.8 Å². The summed E-state index contributed by atoms with van der Waals surface area (Å²) in [7, 11) is 2.87. The Kier molecular flexibility index (Phi) is 18.8. The monoisotopic (exact) mass is 1050 g/mol. The van der Waals surface area contributed by atoms with Crippen LogP contribution in [0.5, 0.6) is 0 Å². The van der Waals surface area contributed by atoms with Crippen LogP contribution in [0.4, 0.5) is 0 Å². The van der Waals surface area contributed by atoms with E-state index in [1.807, 2.05) is 79.2 Å². The number of nitrogens with zero attached hydrogens (tertiary/aromatic N) is 7. The first-order chi connectivity index (χ1) is 37.0. The van der Waals surface area contributed by atoms with Crippen LogP contribution in [0.1, 0.15) is 145 Å². The van der Waals surface area contributed by atoms with Crippen LogP contribution in [-0.2, 0) is 58.1 Å². The molecule has 10 rings (SSSR count). The predicted octanol–water partition coefficient (Wildman–Crippen LogP) is 11.0. The fraction of sp³-hybridized carbons (Fsp3) is 0.365. The van der Waals surface area contributed by atoms with Crippen LogP contribution >= 0.6 is 0 Å². The van der Waals surface area contributed by atoms with E-state index >= 15 is 0 Å². The molecule has 0 fully saturated rings. The Balaban J connectivity index is 0.000000193. The molecular weight excluding hydrogens is 981 g/mol. The van der Waals surface area contributed by atoms with Gasteiger partial charge in [-0.2, -0.15) is 0 Å². The first-order valence-electron chi connectivity index (χ1n) is 26.4. The third-order valence-electron chi connectivity index (χ3n) is 15.5. The molecule has 0 aliphatic carbocycles. The largest absolute Gasteiger partial charge is 0.478 e. The van der Waals surface area contributed by atoms with Crippen molar-refractivity contribution in [1.29, 1.82) is 0 Å². The lowest BCUT2D eigenvalue weighted by atomic mass is 9.83. The number of esters is 2. The lowest BCUT2D eigenvalue weighted by molar-refractivity contribution is -0.141. The molecule has 0 saturated carbocycles. The first-order valence-corrected chi connectivity index (χ1v) is 26.4. The molecule has 0 spiro atoms. The third-order valence-corrected chi connectivity index (χ3v) is 15.5. The molecule has 2 aromatic heterocycles. The van der Waals surface area contributed by atoms with Crippen molar-refractivity contribution in [1.82, 2.24) is 40.2 Å². The zero-order chi connectivity index (χ0) is 55.1. The number of fused-ring (bicyclic) bond motifs is 4. The van der Waals surface area contributed by atoms with Crippen molar-refractivity contribution < 1.29 is 33.8 Å². The lowest BCUT2D eigenvalue weighted by Crippen LogP contribution is -2.36. The summed E-state index contributed by atoms with van der Waals surface area (Å²) < 4.78 is 13.8. The van der Waals surface area contributed by atoms with Gasteiger partial charge in [-0.1, -0.05) is 78.5 Å². The van der Waals surface area contributed by atoms with Crippen LogP contribution in [0.25, 0.3) is 22.1 Å². The molecule has 408 valence electrons. The van der Waals surface area contributed by atoms with Crippen molar-refractivity contribution in [2.24, 2.45) is 0 Å². The van der Waals surface area contributed by atoms with Gasteiger partial charge >= 0.3 is 17.9 Å². The van der Waals surface area contributed by atoms with Crippen LogP contribution in [0.15, 0.2) is 97.1 Å². The first kappa shape index (κ1) is 57.7. The van der Waals surface area contributed by atoms with Crippen molar-refractivity contribution in [3.8, 4) is 0 Å². The number of aryl methyl sites for hydroxylation is 8. The molecule has 0 radical (unpaired) electrons. The summed E-state index contributed by atoms with van der Waals surface area (Å²) in [4.78, 5) is 50.5. The van der Waals surface area contributed by atoms with Crippen molar-refractivity contribution in [2.75, 3.05) is 27.3 Å². The summed E-state index contributed by atoms with van der Waals surface area (Å²) in [6, 6.07) is 32.3. The highest BCUT2D eigenvalue weighted by atomic mass is 16.5. The molecule has 0 bridgehead atoms. The predicted molar refractivity (Wildman–Crippen MR) is 305 cm³/mol. The normalized spacial score (nSPS) is 13.4. The second-order valence-electron chi connectivity index (χ2n) is 20.1. The van der Waals surface area contributed by atoms with E-state index in [4.69, 9.17) is 14.6 Å². The quantitative estimate of drug-likeness (QED) is 0.111. The van der Waals surface area contributed by atoms with Gasteiger partial charge in [0.15, 0.2) is 0 Å². The summed E-state index contributed by atoms with van der Waals surface area (Å²) in [5, 5.41) is 29.4. The number of carbonyl (C=O) groups excluding carboxylic acids is 3. The zero-order valence-corrected chi connectivity index (χ0v) is 46.0. The number of carbonyl (C=O) groups is 4. The minimum atomic E-state index is -0.867. The van der Waals surface area contributed by atoms with Crippen LogP contribution in [0.3, 0.4) is 0 Å².